The van der Waals surface area contributed by atoms with E-state index in [-0.39, 0.29) is 11.5 Å². The van der Waals surface area contributed by atoms with Crippen molar-refractivity contribution >= 4 is 15.8 Å². The lowest BCUT2D eigenvalue weighted by molar-refractivity contribution is -0.145. The smallest absolute Gasteiger partial charge is 0.302 e. The maximum Gasteiger partial charge on any atom is 0.302 e. The lowest BCUT2D eigenvalue weighted by Gasteiger charge is -2.21. The second-order valence-corrected chi connectivity index (χ2v) is 5.22. The predicted molar refractivity (Wildman–Crippen MR) is 43.4 cm³/mol. The first-order valence-electron chi connectivity index (χ1n) is 3.87. The molecule has 1 heterocycles. The maximum absolute atomic E-state index is 11.1. The molecule has 1 unspecified atom stereocenters. The Balaban J connectivity index is 2.53. The summed E-state index contributed by atoms with van der Waals surface area (Å²) in [6.45, 7) is 1.29. The van der Waals surface area contributed by atoms with Crippen LogP contribution in [0.1, 0.15) is 19.8 Å². The van der Waals surface area contributed by atoms with Crippen LogP contribution < -0.4 is 0 Å². The highest BCUT2D eigenvalue weighted by Crippen LogP contribution is 2.14. The number of rotatable bonds is 1. The number of hydrogen-bond acceptors (Lipinski definition) is 4. The van der Waals surface area contributed by atoms with Crippen molar-refractivity contribution in [1.82, 2.24) is 0 Å². The van der Waals surface area contributed by atoms with Crippen molar-refractivity contribution in [1.29, 1.82) is 0 Å². The summed E-state index contributed by atoms with van der Waals surface area (Å²) in [5.74, 6) is -0.186. The Bertz CT molecular complexity index is 267. The molecule has 4 nitrogen and oxygen atoms in total. The van der Waals surface area contributed by atoms with Crippen LogP contribution in [-0.4, -0.2) is 32.0 Å². The van der Waals surface area contributed by atoms with Gasteiger partial charge in [-0.3, -0.25) is 4.79 Å². The summed E-state index contributed by atoms with van der Waals surface area (Å²) in [6.07, 6.45) is 0.847. The molecule has 0 aromatic heterocycles. The standard InChI is InChI=1S/C7H12O4S/c1-6(8)11-7-3-2-4-12(9,10)5-7/h7H,2-5H2,1H3. The highest BCUT2D eigenvalue weighted by molar-refractivity contribution is 7.91. The summed E-state index contributed by atoms with van der Waals surface area (Å²) in [5, 5.41) is 0. The summed E-state index contributed by atoms with van der Waals surface area (Å²) in [7, 11) is -2.95. The Kier molecular flexibility index (Phi) is 2.72. The minimum absolute atomic E-state index is 0.00736. The third kappa shape index (κ3) is 2.81. The van der Waals surface area contributed by atoms with Gasteiger partial charge in [-0.25, -0.2) is 8.42 Å². The van der Waals surface area contributed by atoms with Crippen molar-refractivity contribution in [2.75, 3.05) is 11.5 Å². The van der Waals surface area contributed by atoms with Gasteiger partial charge in [0.15, 0.2) is 9.84 Å². The maximum atomic E-state index is 11.1. The van der Waals surface area contributed by atoms with E-state index in [4.69, 9.17) is 4.74 Å². The molecule has 1 aliphatic heterocycles. The molecule has 0 aromatic rings. The van der Waals surface area contributed by atoms with Gasteiger partial charge in [-0.05, 0) is 12.8 Å². The van der Waals surface area contributed by atoms with E-state index >= 15 is 0 Å². The number of carbonyl (C=O) groups is 1. The van der Waals surface area contributed by atoms with E-state index in [9.17, 15) is 13.2 Å². The fourth-order valence-corrected chi connectivity index (χ4v) is 2.88. The highest BCUT2D eigenvalue weighted by atomic mass is 32.2. The van der Waals surface area contributed by atoms with Crippen LogP contribution in [0.25, 0.3) is 0 Å². The van der Waals surface area contributed by atoms with Crippen LogP contribution in [0.15, 0.2) is 0 Å². The van der Waals surface area contributed by atoms with Crippen LogP contribution in [0.5, 0.6) is 0 Å². The van der Waals surface area contributed by atoms with Gasteiger partial charge in [-0.1, -0.05) is 0 Å². The molecule has 5 heteroatoms. The van der Waals surface area contributed by atoms with Crippen LogP contribution in [0.2, 0.25) is 0 Å². The Morgan fingerprint density at radius 1 is 1.50 bits per heavy atom. The Morgan fingerprint density at radius 2 is 2.17 bits per heavy atom. The van der Waals surface area contributed by atoms with Crippen molar-refractivity contribution in [3.05, 3.63) is 0 Å². The molecular weight excluding hydrogens is 180 g/mol. The van der Waals surface area contributed by atoms with E-state index in [1.165, 1.54) is 6.92 Å². The molecule has 1 rings (SSSR count). The van der Waals surface area contributed by atoms with E-state index in [1.807, 2.05) is 0 Å². The van der Waals surface area contributed by atoms with Gasteiger partial charge in [0.05, 0.1) is 11.5 Å². The van der Waals surface area contributed by atoms with E-state index in [2.05, 4.69) is 0 Å². The van der Waals surface area contributed by atoms with Crippen molar-refractivity contribution in [2.24, 2.45) is 0 Å². The van der Waals surface area contributed by atoms with E-state index in [1.54, 1.807) is 0 Å². The van der Waals surface area contributed by atoms with Crippen LogP contribution in [0, 0.1) is 0 Å². The molecule has 12 heavy (non-hydrogen) atoms. The van der Waals surface area contributed by atoms with Gasteiger partial charge in [-0.2, -0.15) is 0 Å². The van der Waals surface area contributed by atoms with Gasteiger partial charge in [0.25, 0.3) is 0 Å². The fraction of sp³-hybridized carbons (Fsp3) is 0.857. The molecule has 70 valence electrons. The van der Waals surface area contributed by atoms with Gasteiger partial charge < -0.3 is 4.74 Å². The van der Waals surface area contributed by atoms with Gasteiger partial charge >= 0.3 is 5.97 Å². The van der Waals surface area contributed by atoms with Gasteiger partial charge in [0.1, 0.15) is 6.10 Å². The Hall–Kier alpha value is -0.580. The lowest BCUT2D eigenvalue weighted by atomic mass is 10.2. The van der Waals surface area contributed by atoms with Crippen molar-refractivity contribution in [3.8, 4) is 0 Å². The van der Waals surface area contributed by atoms with Crippen LogP contribution in [-0.2, 0) is 19.4 Å². The zero-order chi connectivity index (χ0) is 9.19. The van der Waals surface area contributed by atoms with E-state index in [0.717, 1.165) is 0 Å². The minimum Gasteiger partial charge on any atom is -0.461 e. The summed E-state index contributed by atoms with van der Waals surface area (Å²) >= 11 is 0. The molecule has 0 amide bonds. The number of sulfone groups is 1. The first kappa shape index (κ1) is 9.51. The van der Waals surface area contributed by atoms with Gasteiger partial charge in [0.2, 0.25) is 0 Å². The average Bonchev–Trinajstić information content (AvgIpc) is 1.82. The molecule has 0 saturated carbocycles. The number of ether oxygens (including phenoxy) is 1. The molecule has 0 aromatic carbocycles. The third-order valence-corrected chi connectivity index (χ3v) is 3.54. The largest absolute Gasteiger partial charge is 0.461 e. The van der Waals surface area contributed by atoms with Crippen LogP contribution >= 0.6 is 0 Å². The zero-order valence-corrected chi connectivity index (χ0v) is 7.76. The molecule has 0 N–H and O–H groups in total. The topological polar surface area (TPSA) is 60.4 Å². The Morgan fingerprint density at radius 3 is 2.67 bits per heavy atom. The molecule has 1 fully saturated rings. The SMILES string of the molecule is CC(=O)OC1CCCS(=O)(=O)C1. The van der Waals surface area contributed by atoms with Gasteiger partial charge in [-0.15, -0.1) is 0 Å². The minimum atomic E-state index is -2.95. The molecule has 1 atom stereocenters. The molecule has 0 bridgehead atoms. The number of carbonyl (C=O) groups excluding carboxylic acids is 1. The molecule has 0 radical (unpaired) electrons. The molecule has 0 spiro atoms. The summed E-state index contributed by atoms with van der Waals surface area (Å²) in [5.41, 5.74) is 0. The molecule has 0 aliphatic carbocycles. The number of hydrogen-bond donors (Lipinski definition) is 0. The lowest BCUT2D eigenvalue weighted by Crippen LogP contribution is -2.32. The van der Waals surface area contributed by atoms with Crippen molar-refractivity contribution in [2.45, 2.75) is 25.9 Å². The predicted octanol–water partition coefficient (Wildman–Crippen LogP) is 0.127. The first-order chi connectivity index (χ1) is 5.49. The molecular formula is C7H12O4S. The summed E-state index contributed by atoms with van der Waals surface area (Å²) in [6, 6.07) is 0. The summed E-state index contributed by atoms with van der Waals surface area (Å²) < 4.78 is 26.9. The van der Waals surface area contributed by atoms with Crippen molar-refractivity contribution < 1.29 is 17.9 Å². The van der Waals surface area contributed by atoms with Gasteiger partial charge in [0, 0.05) is 6.92 Å². The third-order valence-electron chi connectivity index (χ3n) is 1.75. The normalized spacial score (nSPS) is 27.9. The molecule has 1 saturated heterocycles. The van der Waals surface area contributed by atoms with Crippen molar-refractivity contribution in [3.63, 3.8) is 0 Å². The van der Waals surface area contributed by atoms with E-state index in [0.29, 0.717) is 12.8 Å². The second kappa shape index (κ2) is 3.43. The summed E-state index contributed by atoms with van der Waals surface area (Å²) in [4.78, 5) is 10.5. The van der Waals surface area contributed by atoms with E-state index < -0.39 is 21.9 Å². The molecule has 1 aliphatic rings. The zero-order valence-electron chi connectivity index (χ0n) is 6.95. The second-order valence-electron chi connectivity index (χ2n) is 2.99. The quantitative estimate of drug-likeness (QED) is 0.554. The number of esters is 1. The van der Waals surface area contributed by atoms with Crippen LogP contribution in [0.3, 0.4) is 0 Å². The Labute approximate surface area is 71.8 Å². The van der Waals surface area contributed by atoms with Crippen LogP contribution in [0.4, 0.5) is 0 Å². The first-order valence-corrected chi connectivity index (χ1v) is 5.69. The average molecular weight is 192 g/mol. The fourth-order valence-electron chi connectivity index (χ4n) is 1.31. The highest BCUT2D eigenvalue weighted by Gasteiger charge is 2.26. The monoisotopic (exact) mass is 192 g/mol.